The van der Waals surface area contributed by atoms with E-state index in [1.54, 1.807) is 0 Å². The minimum absolute atomic E-state index is 0.873. The molecule has 0 aromatic heterocycles. The normalized spacial score (nSPS) is 12.1. The molecule has 0 heterocycles. The van der Waals surface area contributed by atoms with Crippen molar-refractivity contribution in [2.45, 2.75) is 20.3 Å². The summed E-state index contributed by atoms with van der Waals surface area (Å²) in [6, 6.07) is 0. The number of hydrogen-bond acceptors (Lipinski definition) is 0. The van der Waals surface area contributed by atoms with Crippen molar-refractivity contribution in [2.75, 3.05) is 0 Å². The molecule has 0 aliphatic rings. The third-order valence-electron chi connectivity index (χ3n) is 0.635. The van der Waals surface area contributed by atoms with Crippen LogP contribution in [0, 0.1) is 6.42 Å². The number of unbranched alkanes of at least 4 members (excludes halogenated alkanes) is 1. The summed E-state index contributed by atoms with van der Waals surface area (Å²) in [5.41, 5.74) is 0. The lowest BCUT2D eigenvalue weighted by Gasteiger charge is -1.82. The Morgan fingerprint density at radius 2 is 2.29 bits per heavy atom. The molecule has 0 unspecified atom stereocenters. The first kappa shape index (κ1) is 7.03. The van der Waals surface area contributed by atoms with Gasteiger partial charge in [-0.25, -0.2) is 0 Å². The van der Waals surface area contributed by atoms with Gasteiger partial charge in [-0.3, -0.25) is 0 Å². The molecule has 0 saturated carbocycles. The van der Waals surface area contributed by atoms with Crippen molar-refractivity contribution in [1.29, 1.82) is 0 Å². The predicted octanol–water partition coefficient (Wildman–Crippen LogP) is 2.74. The fourth-order valence-electron chi connectivity index (χ4n) is 0.280. The predicted molar refractivity (Wildman–Crippen MR) is 34.2 cm³/mol. The van der Waals surface area contributed by atoms with Crippen molar-refractivity contribution in [1.82, 2.24) is 0 Å². The number of rotatable bonds is 2. The van der Waals surface area contributed by atoms with Gasteiger partial charge >= 0.3 is 0 Å². The topological polar surface area (TPSA) is 0 Å². The Labute approximate surface area is 50.2 Å². The average Bonchev–Trinajstić information content (AvgIpc) is 1.61. The van der Waals surface area contributed by atoms with Crippen LogP contribution in [0.5, 0.6) is 0 Å². The van der Waals surface area contributed by atoms with Gasteiger partial charge in [-0.1, -0.05) is 24.6 Å². The third kappa shape index (κ3) is 6.03. The Hall–Kier alpha value is 0.0300. The largest absolute Gasteiger partial charge is 0.0898 e. The van der Waals surface area contributed by atoms with E-state index < -0.39 is 0 Å². The monoisotopic (exact) mass is 117 g/mol. The van der Waals surface area contributed by atoms with E-state index in [9.17, 15) is 0 Å². The van der Waals surface area contributed by atoms with Gasteiger partial charge in [-0.2, -0.15) is 0 Å². The lowest BCUT2D eigenvalue weighted by atomic mass is 10.3. The molecule has 1 radical (unpaired) electrons. The molecule has 41 valence electrons. The number of halogens is 1. The standard InChI is InChI=1S/C6H10Cl/c1-3-4-5-6(2)7/h3,5H,4H2,1-2H3. The van der Waals surface area contributed by atoms with Gasteiger partial charge in [0.2, 0.25) is 0 Å². The van der Waals surface area contributed by atoms with E-state index >= 15 is 0 Å². The molecule has 0 aromatic rings. The van der Waals surface area contributed by atoms with Gasteiger partial charge in [-0.15, -0.1) is 0 Å². The molecular weight excluding hydrogens is 108 g/mol. The van der Waals surface area contributed by atoms with Gasteiger partial charge in [-0.05, 0) is 19.8 Å². The first-order valence-corrected chi connectivity index (χ1v) is 2.75. The third-order valence-corrected chi connectivity index (χ3v) is 0.789. The van der Waals surface area contributed by atoms with Crippen molar-refractivity contribution in [3.05, 3.63) is 17.5 Å². The molecule has 0 fully saturated rings. The minimum Gasteiger partial charge on any atom is -0.0898 e. The molecule has 0 amide bonds. The second-order valence-corrected chi connectivity index (χ2v) is 2.03. The molecule has 0 rings (SSSR count). The summed E-state index contributed by atoms with van der Waals surface area (Å²) in [4.78, 5) is 0. The Morgan fingerprint density at radius 3 is 2.43 bits per heavy atom. The molecule has 0 spiro atoms. The summed E-state index contributed by atoms with van der Waals surface area (Å²) in [6.07, 6.45) is 5.02. The van der Waals surface area contributed by atoms with Gasteiger partial charge in [0, 0.05) is 5.03 Å². The molecular formula is C6H10Cl. The molecule has 0 aliphatic heterocycles. The van der Waals surface area contributed by atoms with E-state index in [1.165, 1.54) is 0 Å². The first-order valence-electron chi connectivity index (χ1n) is 2.37. The van der Waals surface area contributed by atoms with E-state index in [0.717, 1.165) is 11.5 Å². The highest BCUT2D eigenvalue weighted by Gasteiger charge is 1.75. The summed E-state index contributed by atoms with van der Waals surface area (Å²) in [5.74, 6) is 0. The van der Waals surface area contributed by atoms with E-state index in [-0.39, 0.29) is 0 Å². The van der Waals surface area contributed by atoms with E-state index in [1.807, 2.05) is 19.9 Å². The van der Waals surface area contributed by atoms with E-state index in [0.29, 0.717) is 0 Å². The zero-order chi connectivity index (χ0) is 5.70. The Kier molecular flexibility index (Phi) is 4.21. The fourth-order valence-corrected chi connectivity index (χ4v) is 0.369. The van der Waals surface area contributed by atoms with Crippen LogP contribution in [0.4, 0.5) is 0 Å². The summed E-state index contributed by atoms with van der Waals surface area (Å²) < 4.78 is 0. The zero-order valence-corrected chi connectivity index (χ0v) is 5.50. The molecule has 0 nitrogen and oxygen atoms in total. The molecule has 0 atom stereocenters. The van der Waals surface area contributed by atoms with Crippen LogP contribution in [0.3, 0.4) is 0 Å². The summed E-state index contributed by atoms with van der Waals surface area (Å²) in [7, 11) is 0. The maximum Gasteiger partial charge on any atom is 0.0110 e. The highest BCUT2D eigenvalue weighted by molar-refractivity contribution is 6.29. The van der Waals surface area contributed by atoms with Gasteiger partial charge < -0.3 is 0 Å². The summed E-state index contributed by atoms with van der Waals surface area (Å²) in [5, 5.41) is 0.873. The average molecular weight is 118 g/mol. The second kappa shape index (κ2) is 4.20. The van der Waals surface area contributed by atoms with Crippen LogP contribution in [0.2, 0.25) is 0 Å². The highest BCUT2D eigenvalue weighted by Crippen LogP contribution is 2.00. The lowest BCUT2D eigenvalue weighted by molar-refractivity contribution is 1.20. The molecule has 0 bridgehead atoms. The van der Waals surface area contributed by atoms with E-state index in [2.05, 4.69) is 6.42 Å². The fraction of sp³-hybridized carbons (Fsp3) is 0.500. The SMILES string of the molecule is C[CH]CC=C(C)Cl. The summed E-state index contributed by atoms with van der Waals surface area (Å²) >= 11 is 5.50. The summed E-state index contributed by atoms with van der Waals surface area (Å²) in [6.45, 7) is 3.89. The van der Waals surface area contributed by atoms with Crippen LogP contribution >= 0.6 is 11.6 Å². The lowest BCUT2D eigenvalue weighted by Crippen LogP contribution is -1.62. The quantitative estimate of drug-likeness (QED) is 0.522. The van der Waals surface area contributed by atoms with Crippen molar-refractivity contribution in [2.24, 2.45) is 0 Å². The Balaban J connectivity index is 3.08. The van der Waals surface area contributed by atoms with Crippen molar-refractivity contribution in [3.63, 3.8) is 0 Å². The maximum atomic E-state index is 5.50. The molecule has 1 heteroatoms. The highest BCUT2D eigenvalue weighted by atomic mass is 35.5. The van der Waals surface area contributed by atoms with Gasteiger partial charge in [0.25, 0.3) is 0 Å². The Bertz CT molecular complexity index is 60.6. The van der Waals surface area contributed by atoms with Crippen molar-refractivity contribution < 1.29 is 0 Å². The number of hydrogen-bond donors (Lipinski definition) is 0. The van der Waals surface area contributed by atoms with Gasteiger partial charge in [0.15, 0.2) is 0 Å². The van der Waals surface area contributed by atoms with Crippen LogP contribution < -0.4 is 0 Å². The van der Waals surface area contributed by atoms with Crippen LogP contribution in [0.25, 0.3) is 0 Å². The Morgan fingerprint density at radius 1 is 1.71 bits per heavy atom. The van der Waals surface area contributed by atoms with E-state index in [4.69, 9.17) is 11.6 Å². The van der Waals surface area contributed by atoms with Gasteiger partial charge in [0.05, 0.1) is 0 Å². The second-order valence-electron chi connectivity index (χ2n) is 1.43. The number of allylic oxidation sites excluding steroid dienone is 2. The first-order chi connectivity index (χ1) is 3.27. The minimum atomic E-state index is 0.873. The molecule has 0 saturated heterocycles. The molecule has 7 heavy (non-hydrogen) atoms. The van der Waals surface area contributed by atoms with Crippen molar-refractivity contribution >= 4 is 11.6 Å². The molecule has 0 aromatic carbocycles. The van der Waals surface area contributed by atoms with Gasteiger partial charge in [0.1, 0.15) is 0 Å². The van der Waals surface area contributed by atoms with Crippen LogP contribution in [0.1, 0.15) is 20.3 Å². The zero-order valence-electron chi connectivity index (χ0n) is 4.74. The molecule has 0 N–H and O–H groups in total. The van der Waals surface area contributed by atoms with Crippen molar-refractivity contribution in [3.8, 4) is 0 Å². The van der Waals surface area contributed by atoms with Crippen LogP contribution in [0.15, 0.2) is 11.1 Å². The molecule has 0 aliphatic carbocycles. The van der Waals surface area contributed by atoms with Crippen LogP contribution in [-0.4, -0.2) is 0 Å². The van der Waals surface area contributed by atoms with Crippen LogP contribution in [-0.2, 0) is 0 Å². The maximum absolute atomic E-state index is 5.50. The smallest absolute Gasteiger partial charge is 0.0110 e.